The third-order valence-electron chi connectivity index (χ3n) is 11.9. The van der Waals surface area contributed by atoms with E-state index in [1.807, 2.05) is 0 Å². The number of hydrogen-bond donors (Lipinski definition) is 0. The molecular formula is C50H41BN2O2. The van der Waals surface area contributed by atoms with Crippen molar-refractivity contribution in [3.05, 3.63) is 151 Å². The standard InChI is InChI=1S/C50H41BN2O2/c1-49(2,3)30-20-22-44-38(24-30)51-39-25-31(50(4,5)6)21-23-45(39)55-47-27-33(26-46(54-44)48(47)51)53-41-19-13-11-17-35(41)37-28-42-36(29-43(37)53)34-16-10-12-18-40(34)52(42)32-14-8-7-9-15-32/h7-29H,1-6H3. The van der Waals surface area contributed by atoms with Crippen LogP contribution in [-0.2, 0) is 10.8 Å². The molecule has 0 amide bonds. The number of fused-ring (bicyclic) bond motifs is 10. The zero-order chi connectivity index (χ0) is 37.4. The number of nitrogens with zero attached hydrogens (tertiary/aromatic N) is 2. The summed E-state index contributed by atoms with van der Waals surface area (Å²) in [6.07, 6.45) is 0. The third-order valence-corrected chi connectivity index (χ3v) is 11.9. The molecule has 0 bridgehead atoms. The van der Waals surface area contributed by atoms with Crippen LogP contribution in [-0.4, -0.2) is 15.8 Å². The molecule has 0 atom stereocenters. The molecule has 0 fully saturated rings. The molecule has 7 aromatic carbocycles. The van der Waals surface area contributed by atoms with Crippen molar-refractivity contribution in [2.45, 2.75) is 52.4 Å². The van der Waals surface area contributed by atoms with Crippen LogP contribution in [0.2, 0.25) is 0 Å². The van der Waals surface area contributed by atoms with Crippen molar-refractivity contribution in [1.82, 2.24) is 9.13 Å². The Kier molecular flexibility index (Phi) is 6.55. The predicted molar refractivity (Wildman–Crippen MR) is 230 cm³/mol. The van der Waals surface area contributed by atoms with Crippen molar-refractivity contribution in [3.63, 3.8) is 0 Å². The lowest BCUT2D eigenvalue weighted by Gasteiger charge is -2.35. The number of ether oxygens (including phenoxy) is 2. The molecule has 0 saturated carbocycles. The third kappa shape index (κ3) is 4.72. The Labute approximate surface area is 321 Å². The summed E-state index contributed by atoms with van der Waals surface area (Å²) >= 11 is 0. The molecule has 5 heteroatoms. The molecule has 11 rings (SSSR count). The van der Waals surface area contributed by atoms with Crippen LogP contribution >= 0.6 is 0 Å². The van der Waals surface area contributed by atoms with Gasteiger partial charge in [-0.15, -0.1) is 0 Å². The zero-order valence-electron chi connectivity index (χ0n) is 32.1. The predicted octanol–water partition coefficient (Wildman–Crippen LogP) is 11.2. The minimum atomic E-state index is -0.0157. The first-order valence-corrected chi connectivity index (χ1v) is 19.4. The number of rotatable bonds is 2. The van der Waals surface area contributed by atoms with E-state index in [-0.39, 0.29) is 17.5 Å². The molecule has 2 aliphatic rings. The van der Waals surface area contributed by atoms with Gasteiger partial charge in [0.15, 0.2) is 0 Å². The Bertz CT molecular complexity index is 2980. The Morgan fingerprint density at radius 2 is 0.855 bits per heavy atom. The highest BCUT2D eigenvalue weighted by atomic mass is 16.5. The van der Waals surface area contributed by atoms with E-state index in [9.17, 15) is 0 Å². The van der Waals surface area contributed by atoms with E-state index in [2.05, 4.69) is 190 Å². The van der Waals surface area contributed by atoms with Gasteiger partial charge >= 0.3 is 0 Å². The molecular weight excluding hydrogens is 671 g/mol. The average Bonchev–Trinajstić information content (AvgIpc) is 3.68. The average molecular weight is 713 g/mol. The van der Waals surface area contributed by atoms with Crippen LogP contribution in [0.25, 0.3) is 55.0 Å². The van der Waals surface area contributed by atoms with Crippen LogP contribution in [0.4, 0.5) is 0 Å². The van der Waals surface area contributed by atoms with Crippen molar-refractivity contribution in [2.24, 2.45) is 0 Å². The van der Waals surface area contributed by atoms with Gasteiger partial charge in [0.05, 0.1) is 27.8 Å². The molecule has 0 aliphatic carbocycles. The van der Waals surface area contributed by atoms with Gasteiger partial charge in [0.2, 0.25) is 0 Å². The molecule has 0 saturated heterocycles. The first-order chi connectivity index (χ1) is 26.5. The summed E-state index contributed by atoms with van der Waals surface area (Å²) in [6, 6.07) is 50.9. The second kappa shape index (κ2) is 11.2. The fraction of sp³-hybridized carbons (Fsp3) is 0.160. The summed E-state index contributed by atoms with van der Waals surface area (Å²) in [4.78, 5) is 0. The van der Waals surface area contributed by atoms with Gasteiger partial charge in [-0.2, -0.15) is 0 Å². The monoisotopic (exact) mass is 712 g/mol. The van der Waals surface area contributed by atoms with Gasteiger partial charge in [-0.25, -0.2) is 0 Å². The van der Waals surface area contributed by atoms with Crippen LogP contribution in [0, 0.1) is 0 Å². The molecule has 4 nitrogen and oxygen atoms in total. The van der Waals surface area contributed by atoms with Crippen LogP contribution in [0.1, 0.15) is 52.7 Å². The molecule has 2 aliphatic heterocycles. The van der Waals surface area contributed by atoms with E-state index < -0.39 is 0 Å². The van der Waals surface area contributed by atoms with Crippen molar-refractivity contribution >= 4 is 66.7 Å². The first kappa shape index (κ1) is 32.3. The first-order valence-electron chi connectivity index (χ1n) is 19.4. The maximum atomic E-state index is 6.95. The topological polar surface area (TPSA) is 28.3 Å². The van der Waals surface area contributed by atoms with E-state index in [0.717, 1.165) is 50.9 Å². The SMILES string of the molecule is CC(C)(C)c1ccc2c(c1)B1c3cc(C(C)(C)C)ccc3Oc3cc(-n4c5ccccc5c5cc6c(cc54)c4ccccc4n6-c4ccccc4)cc(c31)O2. The van der Waals surface area contributed by atoms with Crippen LogP contribution < -0.4 is 25.9 Å². The Balaban J connectivity index is 1.18. The number of aromatic nitrogens is 2. The highest BCUT2D eigenvalue weighted by Gasteiger charge is 2.42. The lowest BCUT2D eigenvalue weighted by atomic mass is 9.34. The maximum absolute atomic E-state index is 6.95. The summed E-state index contributed by atoms with van der Waals surface area (Å²) in [5.41, 5.74) is 12.9. The second-order valence-electron chi connectivity index (χ2n) is 17.4. The molecule has 9 aromatic rings. The fourth-order valence-electron chi connectivity index (χ4n) is 9.12. The van der Waals surface area contributed by atoms with Gasteiger partial charge in [0, 0.05) is 44.8 Å². The molecule has 55 heavy (non-hydrogen) atoms. The Morgan fingerprint density at radius 3 is 1.35 bits per heavy atom. The van der Waals surface area contributed by atoms with E-state index >= 15 is 0 Å². The summed E-state index contributed by atoms with van der Waals surface area (Å²) in [5, 5.41) is 4.85. The van der Waals surface area contributed by atoms with Gasteiger partial charge in [-0.1, -0.05) is 120 Å². The smallest absolute Gasteiger partial charge is 0.260 e. The van der Waals surface area contributed by atoms with E-state index in [0.29, 0.717) is 0 Å². The Hall–Kier alpha value is -6.20. The molecule has 4 heterocycles. The quantitative estimate of drug-likeness (QED) is 0.167. The van der Waals surface area contributed by atoms with Crippen LogP contribution in [0.3, 0.4) is 0 Å². The Morgan fingerprint density at radius 1 is 0.400 bits per heavy atom. The zero-order valence-corrected chi connectivity index (χ0v) is 32.1. The largest absolute Gasteiger partial charge is 0.458 e. The van der Waals surface area contributed by atoms with Gasteiger partial charge < -0.3 is 18.6 Å². The minimum absolute atomic E-state index is 0.00139. The molecule has 266 valence electrons. The second-order valence-corrected chi connectivity index (χ2v) is 17.4. The summed E-state index contributed by atoms with van der Waals surface area (Å²) < 4.78 is 18.7. The van der Waals surface area contributed by atoms with Gasteiger partial charge in [0.25, 0.3) is 6.71 Å². The van der Waals surface area contributed by atoms with Crippen molar-refractivity contribution in [1.29, 1.82) is 0 Å². The minimum Gasteiger partial charge on any atom is -0.458 e. The van der Waals surface area contributed by atoms with Crippen molar-refractivity contribution in [2.75, 3.05) is 0 Å². The highest BCUT2D eigenvalue weighted by molar-refractivity contribution is 6.98. The molecule has 0 spiro atoms. The number of para-hydroxylation sites is 3. The lowest BCUT2D eigenvalue weighted by Crippen LogP contribution is -2.57. The maximum Gasteiger partial charge on any atom is 0.260 e. The summed E-state index contributed by atoms with van der Waals surface area (Å²) in [7, 11) is 0. The normalized spacial score (nSPS) is 13.5. The van der Waals surface area contributed by atoms with Crippen LogP contribution in [0.5, 0.6) is 23.0 Å². The molecule has 2 aromatic heterocycles. The van der Waals surface area contributed by atoms with Gasteiger partial charge in [0.1, 0.15) is 23.0 Å². The molecule has 0 radical (unpaired) electrons. The summed E-state index contributed by atoms with van der Waals surface area (Å²) in [5.74, 6) is 3.49. The van der Waals surface area contributed by atoms with E-state index in [1.54, 1.807) is 0 Å². The highest BCUT2D eigenvalue weighted by Crippen LogP contribution is 2.43. The van der Waals surface area contributed by atoms with Gasteiger partial charge in [-0.05, 0) is 81.4 Å². The summed E-state index contributed by atoms with van der Waals surface area (Å²) in [6.45, 7) is 13.6. The van der Waals surface area contributed by atoms with Crippen LogP contribution in [0.15, 0.2) is 140 Å². The van der Waals surface area contributed by atoms with Crippen molar-refractivity contribution in [3.8, 4) is 34.4 Å². The molecule has 0 N–H and O–H groups in total. The van der Waals surface area contributed by atoms with E-state index in [4.69, 9.17) is 9.47 Å². The van der Waals surface area contributed by atoms with Gasteiger partial charge in [-0.3, -0.25) is 0 Å². The fourth-order valence-corrected chi connectivity index (χ4v) is 9.12. The number of hydrogen-bond acceptors (Lipinski definition) is 2. The lowest BCUT2D eigenvalue weighted by molar-refractivity contribution is 0.463. The molecule has 0 unspecified atom stereocenters. The van der Waals surface area contributed by atoms with Crippen molar-refractivity contribution < 1.29 is 9.47 Å². The number of benzene rings is 7. The van der Waals surface area contributed by atoms with E-state index in [1.165, 1.54) is 54.6 Å².